The highest BCUT2D eigenvalue weighted by Gasteiger charge is 2.46. The number of aliphatic hydroxyl groups is 1. The lowest BCUT2D eigenvalue weighted by atomic mass is 9.93. The van der Waals surface area contributed by atoms with Gasteiger partial charge in [0.25, 0.3) is 11.7 Å². The molecule has 1 aliphatic heterocycles. The van der Waals surface area contributed by atoms with Crippen LogP contribution in [0.5, 0.6) is 5.75 Å². The van der Waals surface area contributed by atoms with Crippen molar-refractivity contribution >= 4 is 17.4 Å². The number of aliphatic hydroxyl groups excluding tert-OH is 1. The van der Waals surface area contributed by atoms with Crippen molar-refractivity contribution in [2.45, 2.75) is 47.6 Å². The van der Waals surface area contributed by atoms with E-state index in [9.17, 15) is 14.7 Å². The summed E-state index contributed by atoms with van der Waals surface area (Å²) in [5, 5.41) is 11.4. The number of nitrogens with one attached hydrogen (secondary N) is 1. The molecule has 3 rings (SSSR count). The first-order chi connectivity index (χ1) is 16.7. The third-order valence-electron chi connectivity index (χ3n) is 6.68. The Kier molecular flexibility index (Phi) is 8.73. The van der Waals surface area contributed by atoms with Crippen molar-refractivity contribution in [1.29, 1.82) is 0 Å². The Morgan fingerprint density at radius 2 is 1.71 bits per heavy atom. The number of benzene rings is 2. The number of aryl methyl sites for hydroxylation is 2. The summed E-state index contributed by atoms with van der Waals surface area (Å²) in [4.78, 5) is 29.4. The molecule has 1 saturated heterocycles. The molecule has 0 bridgehead atoms. The van der Waals surface area contributed by atoms with Gasteiger partial charge in [-0.05, 0) is 62.9 Å². The summed E-state index contributed by atoms with van der Waals surface area (Å²) in [6, 6.07) is 12.6. The standard InChI is InChI=1S/C29H38N2O4/c1-7-30(8-2)15-16-31-26(22-11-9-20(5)10-12-22)25(28(33)29(31)34)27(32)24-14-13-23(17-21(24)6)35-18-19(3)4/h9-14,17,19,26,32H,7-8,15-16,18H2,1-6H3/p+1/t26-/m0/s1. The molecule has 1 aliphatic rings. The van der Waals surface area contributed by atoms with E-state index in [1.807, 2.05) is 44.2 Å². The Morgan fingerprint density at radius 3 is 2.29 bits per heavy atom. The minimum absolute atomic E-state index is 0.139. The summed E-state index contributed by atoms with van der Waals surface area (Å²) in [5.41, 5.74) is 3.37. The second-order valence-corrected chi connectivity index (χ2v) is 9.79. The molecule has 6 heteroatoms. The molecule has 1 amide bonds. The van der Waals surface area contributed by atoms with E-state index in [1.54, 1.807) is 17.0 Å². The van der Waals surface area contributed by atoms with Crippen LogP contribution in [0.15, 0.2) is 48.0 Å². The molecule has 0 radical (unpaired) electrons. The number of rotatable bonds is 10. The first kappa shape index (κ1) is 26.5. The number of carbonyl (C=O) groups excluding carboxylic acids is 2. The fourth-order valence-corrected chi connectivity index (χ4v) is 4.49. The molecule has 2 aromatic rings. The SMILES string of the molecule is CC[NH+](CC)CCN1C(=O)C(=O)C(=C(O)c2ccc(OCC(C)C)cc2C)[C@@H]1c1ccc(C)cc1. The van der Waals surface area contributed by atoms with Crippen LogP contribution in [0.3, 0.4) is 0 Å². The van der Waals surface area contributed by atoms with Gasteiger partial charge in [0.05, 0.1) is 44.4 Å². The van der Waals surface area contributed by atoms with Gasteiger partial charge in [0.2, 0.25) is 0 Å². The Labute approximate surface area is 209 Å². The van der Waals surface area contributed by atoms with Crippen LogP contribution in [0.4, 0.5) is 0 Å². The summed E-state index contributed by atoms with van der Waals surface area (Å²) in [7, 11) is 0. The number of hydrogen-bond donors (Lipinski definition) is 2. The molecule has 188 valence electrons. The lowest BCUT2D eigenvalue weighted by Gasteiger charge is -2.27. The van der Waals surface area contributed by atoms with Gasteiger partial charge in [0, 0.05) is 5.56 Å². The zero-order valence-electron chi connectivity index (χ0n) is 21.9. The van der Waals surface area contributed by atoms with E-state index in [-0.39, 0.29) is 11.3 Å². The smallest absolute Gasteiger partial charge is 0.295 e. The van der Waals surface area contributed by atoms with E-state index in [4.69, 9.17) is 4.74 Å². The molecule has 1 atom stereocenters. The number of ether oxygens (including phenoxy) is 1. The van der Waals surface area contributed by atoms with Crippen LogP contribution in [0.25, 0.3) is 5.76 Å². The number of amides is 1. The molecule has 6 nitrogen and oxygen atoms in total. The molecule has 0 aliphatic carbocycles. The van der Waals surface area contributed by atoms with Crippen molar-refractivity contribution in [3.63, 3.8) is 0 Å². The lowest BCUT2D eigenvalue weighted by Crippen LogP contribution is -3.12. The molecular weight excluding hydrogens is 440 g/mol. The molecule has 2 aromatic carbocycles. The average Bonchev–Trinajstić information content (AvgIpc) is 3.08. The van der Waals surface area contributed by atoms with Crippen LogP contribution in [0.1, 0.15) is 56.0 Å². The quantitative estimate of drug-likeness (QED) is 0.310. The third kappa shape index (κ3) is 5.93. The Morgan fingerprint density at radius 1 is 1.06 bits per heavy atom. The highest BCUT2D eigenvalue weighted by Crippen LogP contribution is 2.40. The minimum Gasteiger partial charge on any atom is -0.507 e. The second kappa shape index (κ2) is 11.5. The molecule has 1 heterocycles. The summed E-state index contributed by atoms with van der Waals surface area (Å²) in [6.07, 6.45) is 0. The van der Waals surface area contributed by atoms with Crippen molar-refractivity contribution in [2.75, 3.05) is 32.8 Å². The predicted octanol–water partition coefficient (Wildman–Crippen LogP) is 3.68. The number of Topliss-reactive ketones (excluding diaryl/α,β-unsaturated/α-hetero) is 1. The number of ketones is 1. The molecule has 0 saturated carbocycles. The van der Waals surface area contributed by atoms with Gasteiger partial charge >= 0.3 is 0 Å². The molecule has 2 N–H and O–H groups in total. The van der Waals surface area contributed by atoms with E-state index >= 15 is 0 Å². The van der Waals surface area contributed by atoms with E-state index in [1.165, 1.54) is 4.90 Å². The maximum Gasteiger partial charge on any atom is 0.295 e. The van der Waals surface area contributed by atoms with Crippen LogP contribution >= 0.6 is 0 Å². The monoisotopic (exact) mass is 479 g/mol. The van der Waals surface area contributed by atoms with Crippen molar-refractivity contribution < 1.29 is 24.3 Å². The zero-order chi connectivity index (χ0) is 25.7. The van der Waals surface area contributed by atoms with E-state index in [2.05, 4.69) is 27.7 Å². The van der Waals surface area contributed by atoms with Crippen LogP contribution in [0, 0.1) is 19.8 Å². The Hall–Kier alpha value is -3.12. The molecular formula is C29H39N2O4+. The van der Waals surface area contributed by atoms with Gasteiger partial charge in [-0.2, -0.15) is 0 Å². The number of hydrogen-bond acceptors (Lipinski definition) is 4. The number of likely N-dealkylation sites (tertiary alicyclic amines) is 1. The van der Waals surface area contributed by atoms with Gasteiger partial charge in [-0.15, -0.1) is 0 Å². The number of likely N-dealkylation sites (N-methyl/N-ethyl adjacent to an activating group) is 1. The van der Waals surface area contributed by atoms with Gasteiger partial charge in [0.1, 0.15) is 11.5 Å². The molecule has 1 fully saturated rings. The number of nitrogens with zero attached hydrogens (tertiary/aromatic N) is 1. The van der Waals surface area contributed by atoms with E-state index in [0.717, 1.165) is 36.3 Å². The average molecular weight is 480 g/mol. The van der Waals surface area contributed by atoms with Gasteiger partial charge in [-0.1, -0.05) is 43.7 Å². The zero-order valence-corrected chi connectivity index (χ0v) is 21.9. The first-order valence-electron chi connectivity index (χ1n) is 12.6. The largest absolute Gasteiger partial charge is 0.507 e. The van der Waals surface area contributed by atoms with Gasteiger partial charge in [0.15, 0.2) is 0 Å². The van der Waals surface area contributed by atoms with Crippen molar-refractivity contribution in [1.82, 2.24) is 4.90 Å². The summed E-state index contributed by atoms with van der Waals surface area (Å²) in [5.74, 6) is -0.225. The number of quaternary nitrogens is 1. The third-order valence-corrected chi connectivity index (χ3v) is 6.68. The van der Waals surface area contributed by atoms with E-state index in [0.29, 0.717) is 30.4 Å². The highest BCUT2D eigenvalue weighted by molar-refractivity contribution is 6.46. The van der Waals surface area contributed by atoms with Crippen molar-refractivity contribution in [3.05, 3.63) is 70.3 Å². The van der Waals surface area contributed by atoms with E-state index < -0.39 is 17.7 Å². The van der Waals surface area contributed by atoms with Gasteiger partial charge in [-0.25, -0.2) is 0 Å². The summed E-state index contributed by atoms with van der Waals surface area (Å²) >= 11 is 0. The normalized spacial score (nSPS) is 17.6. The predicted molar refractivity (Wildman–Crippen MR) is 139 cm³/mol. The fraction of sp³-hybridized carbons (Fsp3) is 0.448. The summed E-state index contributed by atoms with van der Waals surface area (Å²) < 4.78 is 5.81. The molecule has 0 aromatic heterocycles. The molecule has 0 spiro atoms. The Balaban J connectivity index is 2.05. The topological polar surface area (TPSA) is 71.3 Å². The fourth-order valence-electron chi connectivity index (χ4n) is 4.49. The summed E-state index contributed by atoms with van der Waals surface area (Å²) in [6.45, 7) is 15.9. The maximum atomic E-state index is 13.3. The van der Waals surface area contributed by atoms with Gasteiger partial charge in [-0.3, -0.25) is 9.59 Å². The van der Waals surface area contributed by atoms with Crippen LogP contribution in [0.2, 0.25) is 0 Å². The minimum atomic E-state index is -0.637. The lowest BCUT2D eigenvalue weighted by molar-refractivity contribution is -0.895. The van der Waals surface area contributed by atoms with Crippen molar-refractivity contribution in [2.24, 2.45) is 5.92 Å². The maximum absolute atomic E-state index is 13.3. The van der Waals surface area contributed by atoms with Crippen LogP contribution in [-0.2, 0) is 9.59 Å². The van der Waals surface area contributed by atoms with Crippen molar-refractivity contribution in [3.8, 4) is 5.75 Å². The van der Waals surface area contributed by atoms with Crippen LogP contribution < -0.4 is 9.64 Å². The molecule has 0 unspecified atom stereocenters. The van der Waals surface area contributed by atoms with Crippen LogP contribution in [-0.4, -0.2) is 54.5 Å². The Bertz CT molecular complexity index is 1080. The van der Waals surface area contributed by atoms with Gasteiger partial charge < -0.3 is 19.6 Å². The molecule has 35 heavy (non-hydrogen) atoms. The first-order valence-corrected chi connectivity index (χ1v) is 12.6. The number of carbonyl (C=O) groups is 2. The highest BCUT2D eigenvalue weighted by atomic mass is 16.5. The second-order valence-electron chi connectivity index (χ2n) is 9.79.